The van der Waals surface area contributed by atoms with Gasteiger partial charge in [0.1, 0.15) is 6.33 Å². The van der Waals surface area contributed by atoms with Crippen molar-refractivity contribution < 1.29 is 0 Å². The molecule has 0 fully saturated rings. The summed E-state index contributed by atoms with van der Waals surface area (Å²) in [4.78, 5) is 19.1. The van der Waals surface area contributed by atoms with Crippen molar-refractivity contribution in [3.05, 3.63) is 71.1 Å². The molecule has 0 amide bonds. The number of rotatable bonds is 6. The van der Waals surface area contributed by atoms with Gasteiger partial charge >= 0.3 is 0 Å². The van der Waals surface area contributed by atoms with Crippen LogP contribution in [0.25, 0.3) is 0 Å². The zero-order chi connectivity index (χ0) is 27.8. The van der Waals surface area contributed by atoms with Gasteiger partial charge in [-0.2, -0.15) is 10.2 Å². The van der Waals surface area contributed by atoms with E-state index >= 15 is 0 Å². The zero-order valence-corrected chi connectivity index (χ0v) is 25.0. The summed E-state index contributed by atoms with van der Waals surface area (Å²) in [5.41, 5.74) is 7.84. The van der Waals surface area contributed by atoms with Gasteiger partial charge in [-0.1, -0.05) is 55.4 Å². The summed E-state index contributed by atoms with van der Waals surface area (Å²) in [6.45, 7) is 19.1. The Bertz CT molecular complexity index is 1410. The van der Waals surface area contributed by atoms with Crippen LogP contribution in [0.1, 0.15) is 140 Å². The van der Waals surface area contributed by atoms with Crippen molar-refractivity contribution in [2.24, 2.45) is 5.41 Å². The lowest BCUT2D eigenvalue weighted by Gasteiger charge is -2.36. The summed E-state index contributed by atoms with van der Waals surface area (Å²) >= 11 is 0. The molecular formula is C33H44N6. The molecule has 0 radical (unpaired) electrons. The molecule has 3 aromatic rings. The minimum absolute atomic E-state index is 0.00224. The van der Waals surface area contributed by atoms with Crippen molar-refractivity contribution in [3.63, 3.8) is 0 Å². The van der Waals surface area contributed by atoms with Gasteiger partial charge in [-0.25, -0.2) is 9.97 Å². The van der Waals surface area contributed by atoms with Crippen LogP contribution in [0.2, 0.25) is 0 Å². The van der Waals surface area contributed by atoms with Crippen molar-refractivity contribution >= 4 is 0 Å². The third kappa shape index (κ3) is 3.95. The average molecular weight is 525 g/mol. The van der Waals surface area contributed by atoms with Crippen LogP contribution in [0.5, 0.6) is 0 Å². The maximum Gasteiger partial charge on any atom is 0.115 e. The molecule has 5 atom stereocenters. The molecule has 39 heavy (non-hydrogen) atoms. The molecule has 0 aromatic carbocycles. The Balaban J connectivity index is 1.26. The third-order valence-electron chi connectivity index (χ3n) is 11.3. The van der Waals surface area contributed by atoms with E-state index in [1.807, 2.05) is 18.6 Å². The molecule has 0 saturated heterocycles. The van der Waals surface area contributed by atoms with Crippen LogP contribution >= 0.6 is 0 Å². The highest BCUT2D eigenvalue weighted by atomic mass is 15.1. The van der Waals surface area contributed by atoms with E-state index in [0.29, 0.717) is 11.8 Å². The molecule has 0 N–H and O–H groups in total. The lowest BCUT2D eigenvalue weighted by molar-refractivity contribution is 0.223. The van der Waals surface area contributed by atoms with Gasteiger partial charge in [-0.15, -0.1) is 0 Å². The Morgan fingerprint density at radius 3 is 2.15 bits per heavy atom. The highest BCUT2D eigenvalue weighted by molar-refractivity contribution is 5.41. The SMILES string of the molecule is C[C@H]1c2nnccc2[C@H](CC[C@]2(C)C[C@@](C)(CC[C@]3(C)CC(C)(C)c4ncncc43)c3nccnc32)C1(C)C. The Kier molecular flexibility index (Phi) is 5.85. The smallest absolute Gasteiger partial charge is 0.115 e. The van der Waals surface area contributed by atoms with Gasteiger partial charge in [0.25, 0.3) is 0 Å². The molecule has 0 spiro atoms. The number of aromatic nitrogens is 6. The van der Waals surface area contributed by atoms with Crippen molar-refractivity contribution in [2.45, 2.75) is 127 Å². The molecule has 3 aliphatic rings. The lowest BCUT2D eigenvalue weighted by atomic mass is 9.68. The van der Waals surface area contributed by atoms with Gasteiger partial charge in [0.15, 0.2) is 0 Å². The normalized spacial score (nSPS) is 33.5. The van der Waals surface area contributed by atoms with E-state index < -0.39 is 0 Å². The number of hydrogen-bond acceptors (Lipinski definition) is 6. The zero-order valence-electron chi connectivity index (χ0n) is 25.0. The maximum atomic E-state index is 5.00. The largest absolute Gasteiger partial charge is 0.257 e. The minimum Gasteiger partial charge on any atom is -0.257 e. The van der Waals surface area contributed by atoms with E-state index in [-0.39, 0.29) is 27.1 Å². The first kappa shape index (κ1) is 26.5. The second-order valence-corrected chi connectivity index (χ2v) is 15.0. The second kappa shape index (κ2) is 8.62. The first-order chi connectivity index (χ1) is 18.3. The molecule has 3 aromatic heterocycles. The highest BCUT2D eigenvalue weighted by Gasteiger charge is 2.53. The predicted molar refractivity (Wildman–Crippen MR) is 154 cm³/mol. The van der Waals surface area contributed by atoms with Crippen LogP contribution in [0, 0.1) is 5.41 Å². The van der Waals surface area contributed by atoms with Gasteiger partial charge in [0.2, 0.25) is 0 Å². The molecule has 0 unspecified atom stereocenters. The molecule has 6 heteroatoms. The van der Waals surface area contributed by atoms with Crippen molar-refractivity contribution in [1.29, 1.82) is 0 Å². The Hall–Kier alpha value is -2.76. The van der Waals surface area contributed by atoms with Gasteiger partial charge < -0.3 is 0 Å². The average Bonchev–Trinajstić information content (AvgIpc) is 3.35. The second-order valence-electron chi connectivity index (χ2n) is 15.0. The highest BCUT2D eigenvalue weighted by Crippen LogP contribution is 2.59. The Labute approximate surface area is 233 Å². The quantitative estimate of drug-likeness (QED) is 0.342. The fraction of sp³-hybridized carbons (Fsp3) is 0.636. The van der Waals surface area contributed by atoms with Crippen LogP contribution in [0.15, 0.2) is 37.2 Å². The van der Waals surface area contributed by atoms with Crippen LogP contribution in [0.3, 0.4) is 0 Å². The molecule has 0 bridgehead atoms. The van der Waals surface area contributed by atoms with Gasteiger partial charge in [-0.05, 0) is 72.5 Å². The van der Waals surface area contributed by atoms with Gasteiger partial charge in [0, 0.05) is 47.0 Å². The van der Waals surface area contributed by atoms with Crippen molar-refractivity contribution in [1.82, 2.24) is 30.1 Å². The van der Waals surface area contributed by atoms with Crippen molar-refractivity contribution in [3.8, 4) is 0 Å². The first-order valence-corrected chi connectivity index (χ1v) is 14.8. The van der Waals surface area contributed by atoms with Gasteiger partial charge in [-0.3, -0.25) is 9.97 Å². The summed E-state index contributed by atoms with van der Waals surface area (Å²) in [5, 5.41) is 8.77. The van der Waals surface area contributed by atoms with Crippen LogP contribution in [0.4, 0.5) is 0 Å². The van der Waals surface area contributed by atoms with E-state index in [4.69, 9.17) is 15.0 Å². The fourth-order valence-corrected chi connectivity index (χ4v) is 8.93. The van der Waals surface area contributed by atoms with Gasteiger partial charge in [0.05, 0.1) is 22.8 Å². The van der Waals surface area contributed by atoms with E-state index in [0.717, 1.165) is 38.5 Å². The van der Waals surface area contributed by atoms with E-state index in [2.05, 4.69) is 82.8 Å². The number of nitrogens with zero attached hydrogens (tertiary/aromatic N) is 6. The Morgan fingerprint density at radius 1 is 0.769 bits per heavy atom. The maximum absolute atomic E-state index is 5.00. The molecular weight excluding hydrogens is 480 g/mol. The van der Waals surface area contributed by atoms with Crippen molar-refractivity contribution in [2.75, 3.05) is 0 Å². The summed E-state index contributed by atoms with van der Waals surface area (Å²) in [7, 11) is 0. The van der Waals surface area contributed by atoms with E-state index in [9.17, 15) is 0 Å². The minimum atomic E-state index is -0.00818. The fourth-order valence-electron chi connectivity index (χ4n) is 8.93. The first-order valence-electron chi connectivity index (χ1n) is 14.8. The Morgan fingerprint density at radius 2 is 1.44 bits per heavy atom. The monoisotopic (exact) mass is 524 g/mol. The molecule has 0 saturated carbocycles. The molecule has 6 nitrogen and oxygen atoms in total. The third-order valence-corrected chi connectivity index (χ3v) is 11.3. The van der Waals surface area contributed by atoms with E-state index in [1.165, 1.54) is 33.9 Å². The van der Waals surface area contributed by atoms with E-state index in [1.54, 1.807) is 6.33 Å². The van der Waals surface area contributed by atoms with Crippen LogP contribution in [-0.2, 0) is 21.7 Å². The standard InChI is InChI=1S/C33H44N6/c1-21-25-22(10-14-38-39-25)23(30(21,4)5)9-11-32(7)19-33(8,28-27(32)35-15-16-36-28)13-12-31(6)18-29(2,3)26-24(31)17-34-20-37-26/h10,14-17,20-21,23H,9,11-13,18-19H2,1-8H3/t21-,23-,31+,32+,33+/m0/s1. The summed E-state index contributed by atoms with van der Waals surface area (Å²) in [5.74, 6) is 0.876. The van der Waals surface area contributed by atoms with Crippen LogP contribution < -0.4 is 0 Å². The topological polar surface area (TPSA) is 77.3 Å². The summed E-state index contributed by atoms with van der Waals surface area (Å²) in [6, 6.07) is 2.21. The number of fused-ring (bicyclic) bond motifs is 3. The molecule has 6 rings (SSSR count). The molecule has 3 heterocycles. The molecule has 206 valence electrons. The molecule has 0 aliphatic heterocycles. The predicted octanol–water partition coefficient (Wildman–Crippen LogP) is 7.10. The summed E-state index contributed by atoms with van der Waals surface area (Å²) < 4.78 is 0. The lowest BCUT2D eigenvalue weighted by Crippen LogP contribution is -2.30. The molecule has 3 aliphatic carbocycles. The number of hydrogen-bond donors (Lipinski definition) is 0. The summed E-state index contributed by atoms with van der Waals surface area (Å²) in [6.07, 6.45) is 16.0. The van der Waals surface area contributed by atoms with Crippen LogP contribution in [-0.4, -0.2) is 30.1 Å².